The van der Waals surface area contributed by atoms with Crippen LogP contribution in [-0.2, 0) is 27.1 Å². The van der Waals surface area contributed by atoms with Gasteiger partial charge >= 0.3 is 6.09 Å². The maximum absolute atomic E-state index is 12.1. The first-order valence-corrected chi connectivity index (χ1v) is 9.43. The summed E-state index contributed by atoms with van der Waals surface area (Å²) in [6.07, 6.45) is 3.25. The zero-order valence-electron chi connectivity index (χ0n) is 15.9. The Morgan fingerprint density at radius 1 is 1.27 bits per heavy atom. The van der Waals surface area contributed by atoms with Crippen LogP contribution in [0.2, 0.25) is 0 Å². The number of amides is 1. The maximum atomic E-state index is 12.1. The zero-order valence-corrected chi connectivity index (χ0v) is 15.9. The number of nitrogens with one attached hydrogen (secondary N) is 1. The van der Waals surface area contributed by atoms with Crippen LogP contribution in [0, 0.1) is 0 Å². The van der Waals surface area contributed by atoms with Crippen LogP contribution in [-0.4, -0.2) is 62.8 Å². The van der Waals surface area contributed by atoms with Crippen molar-refractivity contribution in [3.63, 3.8) is 0 Å². The highest BCUT2D eigenvalue weighted by molar-refractivity contribution is 5.68. The van der Waals surface area contributed by atoms with E-state index in [0.29, 0.717) is 19.2 Å². The van der Waals surface area contributed by atoms with Gasteiger partial charge in [-0.25, -0.2) is 4.79 Å². The van der Waals surface area contributed by atoms with Gasteiger partial charge in [0.25, 0.3) is 0 Å². The molecule has 2 aliphatic rings. The van der Waals surface area contributed by atoms with Crippen LogP contribution in [0.1, 0.15) is 30.9 Å². The van der Waals surface area contributed by atoms with Gasteiger partial charge in [0.05, 0.1) is 6.10 Å². The molecule has 1 fully saturated rings. The van der Waals surface area contributed by atoms with E-state index in [9.17, 15) is 4.79 Å². The standard InChI is InChI=1S/C20H30N2O4/c1-14-10-18(13-19(24-3)26-14)22(2)8-9-25-20(23)21-17-11-15-6-4-5-7-16(15)12-17/h4-7,14,17-19H,8-13H2,1-3H3,(H,21,23)/t14-,18+,19-/m1/s1. The monoisotopic (exact) mass is 362 g/mol. The van der Waals surface area contributed by atoms with E-state index in [1.807, 2.05) is 12.1 Å². The molecule has 3 rings (SSSR count). The molecule has 6 nitrogen and oxygen atoms in total. The van der Waals surface area contributed by atoms with Crippen molar-refractivity contribution in [3.05, 3.63) is 35.4 Å². The van der Waals surface area contributed by atoms with Crippen molar-refractivity contribution in [3.8, 4) is 0 Å². The summed E-state index contributed by atoms with van der Waals surface area (Å²) in [5.74, 6) is 0. The van der Waals surface area contributed by atoms with Gasteiger partial charge in [-0.3, -0.25) is 4.90 Å². The molecule has 0 bridgehead atoms. The molecule has 1 amide bonds. The van der Waals surface area contributed by atoms with E-state index >= 15 is 0 Å². The summed E-state index contributed by atoms with van der Waals surface area (Å²) in [5, 5.41) is 2.98. The van der Waals surface area contributed by atoms with Gasteiger partial charge in [0.2, 0.25) is 0 Å². The van der Waals surface area contributed by atoms with Crippen molar-refractivity contribution in [2.75, 3.05) is 27.3 Å². The molecule has 6 heteroatoms. The molecule has 0 unspecified atom stereocenters. The third kappa shape index (κ3) is 4.96. The van der Waals surface area contributed by atoms with Crippen molar-refractivity contribution >= 4 is 6.09 Å². The summed E-state index contributed by atoms with van der Waals surface area (Å²) in [4.78, 5) is 14.3. The minimum atomic E-state index is -0.327. The highest BCUT2D eigenvalue weighted by Gasteiger charge is 2.29. The first kappa shape index (κ1) is 19.1. The number of hydrogen-bond acceptors (Lipinski definition) is 5. The smallest absolute Gasteiger partial charge is 0.407 e. The molecule has 0 radical (unpaired) electrons. The van der Waals surface area contributed by atoms with E-state index in [1.54, 1.807) is 7.11 Å². The average molecular weight is 362 g/mol. The molecule has 0 spiro atoms. The van der Waals surface area contributed by atoms with Crippen molar-refractivity contribution in [1.82, 2.24) is 10.2 Å². The number of carbonyl (C=O) groups excluding carboxylic acids is 1. The van der Waals surface area contributed by atoms with E-state index < -0.39 is 0 Å². The zero-order chi connectivity index (χ0) is 18.5. The van der Waals surface area contributed by atoms with E-state index in [4.69, 9.17) is 14.2 Å². The third-order valence-electron chi connectivity index (χ3n) is 5.39. The Morgan fingerprint density at radius 3 is 2.62 bits per heavy atom. The van der Waals surface area contributed by atoms with Crippen molar-refractivity contribution in [1.29, 1.82) is 0 Å². The molecular weight excluding hydrogens is 332 g/mol. The number of ether oxygens (including phenoxy) is 3. The van der Waals surface area contributed by atoms with E-state index in [-0.39, 0.29) is 24.5 Å². The van der Waals surface area contributed by atoms with Gasteiger partial charge in [-0.05, 0) is 44.4 Å². The SMILES string of the molecule is CO[C@H]1C[C@@H](N(C)CCOC(=O)NC2Cc3ccccc3C2)C[C@@H](C)O1. The Hall–Kier alpha value is -1.63. The molecule has 1 aromatic rings. The summed E-state index contributed by atoms with van der Waals surface area (Å²) in [6.45, 7) is 3.15. The number of likely N-dealkylation sites (N-methyl/N-ethyl adjacent to an activating group) is 1. The molecule has 1 aliphatic carbocycles. The van der Waals surface area contributed by atoms with Gasteiger partial charge in [-0.15, -0.1) is 0 Å². The number of methoxy groups -OCH3 is 1. The number of alkyl carbamates (subject to hydrolysis) is 1. The van der Waals surface area contributed by atoms with Crippen molar-refractivity contribution in [2.45, 2.75) is 57.1 Å². The van der Waals surface area contributed by atoms with Crippen LogP contribution in [0.3, 0.4) is 0 Å². The number of hydrogen-bond donors (Lipinski definition) is 1. The molecule has 1 aromatic carbocycles. The first-order chi connectivity index (χ1) is 12.5. The third-order valence-corrected chi connectivity index (χ3v) is 5.39. The van der Waals surface area contributed by atoms with Crippen LogP contribution in [0.5, 0.6) is 0 Å². The Kier molecular flexibility index (Phi) is 6.51. The lowest BCUT2D eigenvalue weighted by Crippen LogP contribution is -2.45. The molecule has 144 valence electrons. The molecular formula is C20H30N2O4. The second-order valence-corrected chi connectivity index (χ2v) is 7.37. The lowest BCUT2D eigenvalue weighted by atomic mass is 10.0. The van der Waals surface area contributed by atoms with Crippen molar-refractivity contribution < 1.29 is 19.0 Å². The van der Waals surface area contributed by atoms with Gasteiger partial charge in [-0.2, -0.15) is 0 Å². The predicted molar refractivity (Wildman–Crippen MR) is 99.1 cm³/mol. The highest BCUT2D eigenvalue weighted by atomic mass is 16.7. The van der Waals surface area contributed by atoms with Crippen LogP contribution in [0.25, 0.3) is 0 Å². The van der Waals surface area contributed by atoms with E-state index in [1.165, 1.54) is 11.1 Å². The number of carbonyl (C=O) groups is 1. The Labute approximate surface area is 155 Å². The highest BCUT2D eigenvalue weighted by Crippen LogP contribution is 2.23. The minimum absolute atomic E-state index is 0.136. The maximum Gasteiger partial charge on any atom is 0.407 e. The molecule has 0 saturated carbocycles. The summed E-state index contributed by atoms with van der Waals surface area (Å²) < 4.78 is 16.4. The minimum Gasteiger partial charge on any atom is -0.448 e. The first-order valence-electron chi connectivity index (χ1n) is 9.43. The second-order valence-electron chi connectivity index (χ2n) is 7.37. The van der Waals surface area contributed by atoms with E-state index in [2.05, 4.69) is 36.3 Å². The second kappa shape index (κ2) is 8.84. The Morgan fingerprint density at radius 2 is 1.96 bits per heavy atom. The average Bonchev–Trinajstić information content (AvgIpc) is 3.03. The molecule has 1 aliphatic heterocycles. The van der Waals surface area contributed by atoms with Gasteiger partial charge < -0.3 is 19.5 Å². The summed E-state index contributed by atoms with van der Waals surface area (Å²) in [5.41, 5.74) is 2.64. The predicted octanol–water partition coefficient (Wildman–Crippen LogP) is 2.35. The fourth-order valence-corrected chi connectivity index (χ4v) is 3.92. The normalized spacial score (nSPS) is 25.9. The fourth-order valence-electron chi connectivity index (χ4n) is 3.92. The number of fused-ring (bicyclic) bond motifs is 1. The molecule has 3 atom stereocenters. The van der Waals surface area contributed by atoms with Gasteiger partial charge in [0.1, 0.15) is 6.61 Å². The fraction of sp³-hybridized carbons (Fsp3) is 0.650. The quantitative estimate of drug-likeness (QED) is 0.842. The van der Waals surface area contributed by atoms with Gasteiger partial charge in [-0.1, -0.05) is 24.3 Å². The van der Waals surface area contributed by atoms with Crippen molar-refractivity contribution in [2.24, 2.45) is 0 Å². The van der Waals surface area contributed by atoms with Crippen LogP contribution < -0.4 is 5.32 Å². The Balaban J connectivity index is 1.36. The largest absolute Gasteiger partial charge is 0.448 e. The molecule has 1 N–H and O–H groups in total. The van der Waals surface area contributed by atoms with E-state index in [0.717, 1.165) is 25.7 Å². The molecule has 26 heavy (non-hydrogen) atoms. The molecule has 1 saturated heterocycles. The van der Waals surface area contributed by atoms with Crippen LogP contribution >= 0.6 is 0 Å². The lowest BCUT2D eigenvalue weighted by Gasteiger charge is -2.37. The summed E-state index contributed by atoms with van der Waals surface area (Å²) in [7, 11) is 3.73. The Bertz CT molecular complexity index is 584. The summed E-state index contributed by atoms with van der Waals surface area (Å²) in [6, 6.07) is 8.84. The lowest BCUT2D eigenvalue weighted by molar-refractivity contribution is -0.190. The summed E-state index contributed by atoms with van der Waals surface area (Å²) >= 11 is 0. The topological polar surface area (TPSA) is 60.0 Å². The molecule has 1 heterocycles. The van der Waals surface area contributed by atoms with Crippen LogP contribution in [0.4, 0.5) is 4.79 Å². The number of rotatable bonds is 6. The number of nitrogens with zero attached hydrogens (tertiary/aromatic N) is 1. The number of benzene rings is 1. The van der Waals surface area contributed by atoms with Crippen LogP contribution in [0.15, 0.2) is 24.3 Å². The van der Waals surface area contributed by atoms with Gasteiger partial charge in [0.15, 0.2) is 6.29 Å². The molecule has 0 aromatic heterocycles. The van der Waals surface area contributed by atoms with Gasteiger partial charge in [0, 0.05) is 32.2 Å².